The average molecular weight is 478 g/mol. The molecular formula is C30H39NO4. The van der Waals surface area contributed by atoms with Crippen LogP contribution in [0.1, 0.15) is 56.9 Å². The van der Waals surface area contributed by atoms with Crippen molar-refractivity contribution in [2.75, 3.05) is 19.7 Å². The van der Waals surface area contributed by atoms with E-state index in [1.165, 1.54) is 36.0 Å². The lowest BCUT2D eigenvalue weighted by atomic mass is 10.0. The molecule has 0 aromatic heterocycles. The monoisotopic (exact) mass is 477 g/mol. The molecular weight excluding hydrogens is 438 g/mol. The Morgan fingerprint density at radius 2 is 1.66 bits per heavy atom. The van der Waals surface area contributed by atoms with E-state index in [2.05, 4.69) is 53.4 Å². The highest BCUT2D eigenvalue weighted by Crippen LogP contribution is 2.32. The number of hydrogen-bond donors (Lipinski definition) is 1. The number of carbonyl (C=O) groups is 1. The first-order valence-corrected chi connectivity index (χ1v) is 13.2. The number of nitrogens with zero attached hydrogens (tertiary/aromatic N) is 1. The Kier molecular flexibility index (Phi) is 9.94. The van der Waals surface area contributed by atoms with Crippen LogP contribution in [0, 0.1) is 0 Å². The summed E-state index contributed by atoms with van der Waals surface area (Å²) in [6.07, 6.45) is 11.9. The average Bonchev–Trinajstić information content (AvgIpc) is 3.30. The molecule has 35 heavy (non-hydrogen) atoms. The number of ether oxygens (including phenoxy) is 2. The smallest absolute Gasteiger partial charge is 0.303 e. The first-order chi connectivity index (χ1) is 17.2. The molecule has 1 saturated heterocycles. The van der Waals surface area contributed by atoms with E-state index in [0.717, 1.165) is 32.4 Å². The summed E-state index contributed by atoms with van der Waals surface area (Å²) in [5.41, 5.74) is 3.63. The van der Waals surface area contributed by atoms with E-state index in [-0.39, 0.29) is 18.6 Å². The van der Waals surface area contributed by atoms with Crippen molar-refractivity contribution in [3.8, 4) is 11.1 Å². The predicted octanol–water partition coefficient (Wildman–Crippen LogP) is 6.08. The molecule has 1 N–H and O–H groups in total. The molecule has 0 amide bonds. The molecule has 1 saturated carbocycles. The number of unbranched alkanes of at least 4 members (excludes halogenated alkanes) is 1. The highest BCUT2D eigenvalue weighted by atomic mass is 16.5. The molecule has 188 valence electrons. The Balaban J connectivity index is 1.32. The Labute approximate surface area is 209 Å². The van der Waals surface area contributed by atoms with Crippen molar-refractivity contribution < 1.29 is 19.4 Å². The largest absolute Gasteiger partial charge is 0.481 e. The minimum absolute atomic E-state index is 0.0698. The van der Waals surface area contributed by atoms with Gasteiger partial charge in [0.05, 0.1) is 25.4 Å². The van der Waals surface area contributed by atoms with Gasteiger partial charge in [-0.15, -0.1) is 0 Å². The fraction of sp³-hybridized carbons (Fsp3) is 0.500. The normalized spacial score (nSPS) is 23.1. The van der Waals surface area contributed by atoms with Crippen LogP contribution in [-0.4, -0.2) is 53.9 Å². The molecule has 2 aromatic carbocycles. The van der Waals surface area contributed by atoms with Gasteiger partial charge in [0.15, 0.2) is 0 Å². The van der Waals surface area contributed by atoms with Crippen LogP contribution in [0.5, 0.6) is 0 Å². The number of benzene rings is 2. The van der Waals surface area contributed by atoms with E-state index >= 15 is 0 Å². The summed E-state index contributed by atoms with van der Waals surface area (Å²) in [4.78, 5) is 13.3. The highest BCUT2D eigenvalue weighted by molar-refractivity contribution is 5.66. The van der Waals surface area contributed by atoms with Gasteiger partial charge in [0.2, 0.25) is 0 Å². The van der Waals surface area contributed by atoms with Crippen LogP contribution in [0.25, 0.3) is 11.1 Å². The van der Waals surface area contributed by atoms with Crippen LogP contribution in [0.15, 0.2) is 66.7 Å². The second-order valence-electron chi connectivity index (χ2n) is 9.71. The SMILES string of the molecule is O=C(O)CCC/C=C/COC1C(OCc2ccc(-c3ccccc3)cc2)CCC1N1CCCCC1. The number of rotatable bonds is 12. The third kappa shape index (κ3) is 7.76. The predicted molar refractivity (Wildman–Crippen MR) is 139 cm³/mol. The van der Waals surface area contributed by atoms with Crippen LogP contribution in [0.3, 0.4) is 0 Å². The number of hydrogen-bond acceptors (Lipinski definition) is 4. The van der Waals surface area contributed by atoms with Crippen molar-refractivity contribution >= 4 is 5.97 Å². The van der Waals surface area contributed by atoms with E-state index in [1.807, 2.05) is 18.2 Å². The molecule has 1 aliphatic heterocycles. The van der Waals surface area contributed by atoms with Crippen LogP contribution in [0.2, 0.25) is 0 Å². The summed E-state index contributed by atoms with van der Waals surface area (Å²) in [6, 6.07) is 19.5. The molecule has 4 rings (SSSR count). The molecule has 3 unspecified atom stereocenters. The van der Waals surface area contributed by atoms with Gasteiger partial charge in [0, 0.05) is 12.5 Å². The molecule has 2 aromatic rings. The van der Waals surface area contributed by atoms with Crippen LogP contribution in [0.4, 0.5) is 0 Å². The third-order valence-corrected chi connectivity index (χ3v) is 7.19. The van der Waals surface area contributed by atoms with Gasteiger partial charge in [-0.3, -0.25) is 9.69 Å². The van der Waals surface area contributed by atoms with E-state index in [4.69, 9.17) is 14.6 Å². The van der Waals surface area contributed by atoms with Crippen molar-refractivity contribution in [1.82, 2.24) is 4.90 Å². The Bertz CT molecular complexity index is 921. The van der Waals surface area contributed by atoms with Crippen molar-refractivity contribution in [1.29, 1.82) is 0 Å². The summed E-state index contributed by atoms with van der Waals surface area (Å²) in [7, 11) is 0. The second kappa shape index (κ2) is 13.6. The van der Waals surface area contributed by atoms with E-state index in [1.54, 1.807) is 0 Å². The van der Waals surface area contributed by atoms with Gasteiger partial charge in [-0.25, -0.2) is 0 Å². The van der Waals surface area contributed by atoms with Crippen LogP contribution < -0.4 is 0 Å². The summed E-state index contributed by atoms with van der Waals surface area (Å²) in [6.45, 7) is 3.46. The quantitative estimate of drug-likeness (QED) is 0.296. The number of allylic oxidation sites excluding steroid dienone is 1. The summed E-state index contributed by atoms with van der Waals surface area (Å²) in [5, 5.41) is 8.77. The molecule has 0 radical (unpaired) electrons. The zero-order valence-electron chi connectivity index (χ0n) is 20.7. The molecule has 0 bridgehead atoms. The standard InChI is InChI=1S/C30H39NO4/c32-29(33)13-7-1-2-10-22-34-30-27(31-20-8-4-9-21-31)18-19-28(30)35-23-24-14-16-26(17-15-24)25-11-5-3-6-12-25/h2-3,5-6,10-12,14-17,27-28,30H,1,4,7-9,13,18-23H2,(H,32,33)/b10-2+. The number of aliphatic carboxylic acids is 1. The first kappa shape index (κ1) is 25.6. The number of carboxylic acids is 1. The molecule has 2 fully saturated rings. The minimum Gasteiger partial charge on any atom is -0.481 e. The van der Waals surface area contributed by atoms with Gasteiger partial charge >= 0.3 is 5.97 Å². The summed E-state index contributed by atoms with van der Waals surface area (Å²) in [5.74, 6) is -0.736. The van der Waals surface area contributed by atoms with Crippen LogP contribution in [-0.2, 0) is 20.9 Å². The molecule has 1 heterocycles. The van der Waals surface area contributed by atoms with Crippen molar-refractivity contribution in [3.05, 3.63) is 72.3 Å². The maximum Gasteiger partial charge on any atom is 0.303 e. The number of carboxylic acid groups (broad SMARTS) is 1. The maximum absolute atomic E-state index is 10.7. The lowest BCUT2D eigenvalue weighted by Crippen LogP contribution is -2.47. The van der Waals surface area contributed by atoms with E-state index < -0.39 is 5.97 Å². The summed E-state index contributed by atoms with van der Waals surface area (Å²) < 4.78 is 12.9. The van der Waals surface area contributed by atoms with Crippen molar-refractivity contribution in [2.45, 2.75) is 76.2 Å². The Hall–Kier alpha value is -2.47. The molecule has 2 aliphatic rings. The lowest BCUT2D eigenvalue weighted by Gasteiger charge is -2.36. The minimum atomic E-state index is -0.736. The Morgan fingerprint density at radius 3 is 2.40 bits per heavy atom. The van der Waals surface area contributed by atoms with E-state index in [0.29, 0.717) is 25.7 Å². The maximum atomic E-state index is 10.7. The molecule has 1 aliphatic carbocycles. The topological polar surface area (TPSA) is 59.0 Å². The fourth-order valence-corrected chi connectivity index (χ4v) is 5.30. The Morgan fingerprint density at radius 1 is 0.914 bits per heavy atom. The van der Waals surface area contributed by atoms with Crippen molar-refractivity contribution in [2.24, 2.45) is 0 Å². The summed E-state index contributed by atoms with van der Waals surface area (Å²) >= 11 is 0. The second-order valence-corrected chi connectivity index (χ2v) is 9.71. The van der Waals surface area contributed by atoms with Gasteiger partial charge in [0.1, 0.15) is 0 Å². The van der Waals surface area contributed by atoms with Gasteiger partial charge in [0.25, 0.3) is 0 Å². The molecule has 3 atom stereocenters. The zero-order chi connectivity index (χ0) is 24.3. The van der Waals surface area contributed by atoms with Gasteiger partial charge in [-0.05, 0) is 68.3 Å². The van der Waals surface area contributed by atoms with Crippen molar-refractivity contribution in [3.63, 3.8) is 0 Å². The third-order valence-electron chi connectivity index (χ3n) is 7.19. The van der Waals surface area contributed by atoms with Crippen LogP contribution >= 0.6 is 0 Å². The lowest BCUT2D eigenvalue weighted by molar-refractivity contribution is -0.137. The highest BCUT2D eigenvalue weighted by Gasteiger charge is 2.41. The zero-order valence-corrected chi connectivity index (χ0v) is 20.7. The molecule has 0 spiro atoms. The number of likely N-dealkylation sites (tertiary alicyclic amines) is 1. The van der Waals surface area contributed by atoms with E-state index in [9.17, 15) is 4.79 Å². The number of piperidine rings is 1. The molecule has 5 heteroatoms. The van der Waals surface area contributed by atoms with Gasteiger partial charge < -0.3 is 14.6 Å². The first-order valence-electron chi connectivity index (χ1n) is 13.2. The fourth-order valence-electron chi connectivity index (χ4n) is 5.30. The van der Waals surface area contributed by atoms with Gasteiger partial charge in [-0.1, -0.05) is 73.2 Å². The molecule has 5 nitrogen and oxygen atoms in total. The van der Waals surface area contributed by atoms with Gasteiger partial charge in [-0.2, -0.15) is 0 Å².